The highest BCUT2D eigenvalue weighted by Gasteiger charge is 2.20. The molecule has 0 aliphatic carbocycles. The average molecular weight is 251 g/mol. The average Bonchev–Trinajstić information content (AvgIpc) is 2.83. The number of anilines is 1. The van der Waals surface area contributed by atoms with Crippen molar-refractivity contribution < 1.29 is 18.6 Å². The molecule has 0 radical (unpaired) electrons. The van der Waals surface area contributed by atoms with Gasteiger partial charge in [0, 0.05) is 12.1 Å². The summed E-state index contributed by atoms with van der Waals surface area (Å²) < 4.78 is 20.9. The molecule has 0 unspecified atom stereocenters. The number of nitrogens with zero attached hydrogens (tertiary/aromatic N) is 2. The van der Waals surface area contributed by atoms with Gasteiger partial charge >= 0.3 is 6.01 Å². The molecule has 0 amide bonds. The van der Waals surface area contributed by atoms with Crippen LogP contribution in [0.3, 0.4) is 0 Å². The number of aromatic nitrogens is 2. The summed E-state index contributed by atoms with van der Waals surface area (Å²) in [4.78, 5) is 0. The molecule has 0 aliphatic heterocycles. The monoisotopic (exact) mass is 251 g/mol. The van der Waals surface area contributed by atoms with Crippen LogP contribution in [0.15, 0.2) is 16.5 Å². The molecule has 0 bridgehead atoms. The van der Waals surface area contributed by atoms with Crippen molar-refractivity contribution in [3.63, 3.8) is 0 Å². The molecule has 2 rings (SSSR count). The molecular formula is C11H13N3O4. The maximum Gasteiger partial charge on any atom is 0.313 e. The molecular weight excluding hydrogens is 238 g/mol. The minimum Gasteiger partial charge on any atom is -0.496 e. The van der Waals surface area contributed by atoms with Gasteiger partial charge < -0.3 is 24.4 Å². The first-order valence-electron chi connectivity index (χ1n) is 5.09. The largest absolute Gasteiger partial charge is 0.496 e. The van der Waals surface area contributed by atoms with Crippen LogP contribution in [0.1, 0.15) is 0 Å². The summed E-state index contributed by atoms with van der Waals surface area (Å²) in [5, 5.41) is 7.42. The fraction of sp³-hybridized carbons (Fsp3) is 0.273. The first-order valence-corrected chi connectivity index (χ1v) is 5.09. The molecule has 96 valence electrons. The fourth-order valence-electron chi connectivity index (χ4n) is 1.55. The molecule has 1 heterocycles. The first kappa shape index (κ1) is 12.0. The van der Waals surface area contributed by atoms with E-state index in [-0.39, 0.29) is 11.9 Å². The molecule has 2 N–H and O–H groups in total. The van der Waals surface area contributed by atoms with E-state index in [1.54, 1.807) is 19.2 Å². The van der Waals surface area contributed by atoms with Crippen LogP contribution < -0.4 is 19.9 Å². The standard InChI is InChI=1S/C11H13N3O4/c1-15-6-4-7(16-2)9(8(5-6)17-3)10-13-14-11(12)18-10/h4-5H,1-3H3,(H2,12,14). The predicted octanol–water partition coefficient (Wildman–Crippen LogP) is 1.34. The van der Waals surface area contributed by atoms with Crippen LogP contribution in [0.4, 0.5) is 6.01 Å². The molecule has 7 heteroatoms. The van der Waals surface area contributed by atoms with Gasteiger partial charge in [0.05, 0.1) is 21.3 Å². The molecule has 0 fully saturated rings. The first-order chi connectivity index (χ1) is 8.69. The Hall–Kier alpha value is -2.44. The van der Waals surface area contributed by atoms with Crippen molar-refractivity contribution in [3.05, 3.63) is 12.1 Å². The van der Waals surface area contributed by atoms with Gasteiger partial charge in [-0.25, -0.2) is 0 Å². The number of hydrogen-bond donors (Lipinski definition) is 1. The Balaban J connectivity index is 2.63. The van der Waals surface area contributed by atoms with Gasteiger partial charge in [0.25, 0.3) is 5.89 Å². The second-order valence-corrected chi connectivity index (χ2v) is 3.35. The van der Waals surface area contributed by atoms with Crippen LogP contribution >= 0.6 is 0 Å². The van der Waals surface area contributed by atoms with Gasteiger partial charge in [0.1, 0.15) is 22.8 Å². The van der Waals surface area contributed by atoms with Crippen LogP contribution in [-0.4, -0.2) is 31.5 Å². The zero-order chi connectivity index (χ0) is 13.1. The third kappa shape index (κ3) is 2.02. The van der Waals surface area contributed by atoms with Gasteiger partial charge in [0.2, 0.25) is 0 Å². The smallest absolute Gasteiger partial charge is 0.313 e. The molecule has 0 saturated carbocycles. The van der Waals surface area contributed by atoms with Crippen molar-refractivity contribution in [1.82, 2.24) is 10.2 Å². The van der Waals surface area contributed by atoms with Gasteiger partial charge in [-0.15, -0.1) is 5.10 Å². The highest BCUT2D eigenvalue weighted by molar-refractivity contribution is 5.72. The van der Waals surface area contributed by atoms with Crippen LogP contribution in [0.5, 0.6) is 17.2 Å². The Labute approximate surface area is 103 Å². The normalized spacial score (nSPS) is 10.2. The Morgan fingerprint density at radius 3 is 2.00 bits per heavy atom. The number of methoxy groups -OCH3 is 3. The molecule has 2 aromatic rings. The number of hydrogen-bond acceptors (Lipinski definition) is 7. The summed E-state index contributed by atoms with van der Waals surface area (Å²) in [6, 6.07) is 3.36. The minimum atomic E-state index is -0.0232. The van der Waals surface area contributed by atoms with Crippen LogP contribution in [0, 0.1) is 0 Å². The van der Waals surface area contributed by atoms with E-state index in [4.69, 9.17) is 24.4 Å². The third-order valence-electron chi connectivity index (χ3n) is 2.37. The van der Waals surface area contributed by atoms with Gasteiger partial charge in [-0.2, -0.15) is 0 Å². The predicted molar refractivity (Wildman–Crippen MR) is 63.8 cm³/mol. The lowest BCUT2D eigenvalue weighted by molar-refractivity contribution is 0.375. The lowest BCUT2D eigenvalue weighted by Gasteiger charge is -2.12. The number of ether oxygens (including phenoxy) is 3. The summed E-state index contributed by atoms with van der Waals surface area (Å²) in [6.07, 6.45) is 0. The van der Waals surface area contributed by atoms with E-state index in [1.807, 2.05) is 0 Å². The van der Waals surface area contributed by atoms with Gasteiger partial charge in [-0.3, -0.25) is 0 Å². The number of benzene rings is 1. The molecule has 0 spiro atoms. The minimum absolute atomic E-state index is 0.0232. The van der Waals surface area contributed by atoms with Crippen molar-refractivity contribution >= 4 is 6.01 Å². The number of nitrogens with two attached hydrogens (primary N) is 1. The maximum atomic E-state index is 5.41. The molecule has 18 heavy (non-hydrogen) atoms. The topological polar surface area (TPSA) is 92.6 Å². The molecule has 1 aromatic carbocycles. The van der Waals surface area contributed by atoms with Gasteiger partial charge in [-0.05, 0) is 0 Å². The van der Waals surface area contributed by atoms with E-state index in [2.05, 4.69) is 10.2 Å². The summed E-state index contributed by atoms with van der Waals surface area (Å²) in [7, 11) is 4.60. The number of rotatable bonds is 4. The molecule has 0 aliphatic rings. The Bertz CT molecular complexity index is 528. The second-order valence-electron chi connectivity index (χ2n) is 3.35. The van der Waals surface area contributed by atoms with E-state index in [0.717, 1.165) is 0 Å². The lowest BCUT2D eigenvalue weighted by atomic mass is 10.1. The molecule has 0 saturated heterocycles. The van der Waals surface area contributed by atoms with E-state index >= 15 is 0 Å². The summed E-state index contributed by atoms with van der Waals surface area (Å²) in [5.74, 6) is 1.81. The Kier molecular flexibility index (Phi) is 3.22. The highest BCUT2D eigenvalue weighted by Crippen LogP contribution is 2.41. The third-order valence-corrected chi connectivity index (χ3v) is 2.37. The quantitative estimate of drug-likeness (QED) is 0.876. The Morgan fingerprint density at radius 2 is 1.61 bits per heavy atom. The van der Waals surface area contributed by atoms with Gasteiger partial charge in [-0.1, -0.05) is 5.10 Å². The Morgan fingerprint density at radius 1 is 1.00 bits per heavy atom. The molecule has 0 atom stereocenters. The number of nitrogen functional groups attached to an aromatic ring is 1. The highest BCUT2D eigenvalue weighted by atomic mass is 16.5. The summed E-state index contributed by atoms with van der Waals surface area (Å²) >= 11 is 0. The zero-order valence-corrected chi connectivity index (χ0v) is 10.3. The van der Waals surface area contributed by atoms with E-state index < -0.39 is 0 Å². The van der Waals surface area contributed by atoms with E-state index in [9.17, 15) is 0 Å². The lowest BCUT2D eigenvalue weighted by Crippen LogP contribution is -1.95. The molecule has 1 aromatic heterocycles. The molecule has 7 nitrogen and oxygen atoms in total. The van der Waals surface area contributed by atoms with Gasteiger partial charge in [0.15, 0.2) is 0 Å². The van der Waals surface area contributed by atoms with Crippen molar-refractivity contribution in [2.75, 3.05) is 27.1 Å². The van der Waals surface area contributed by atoms with E-state index in [1.165, 1.54) is 14.2 Å². The summed E-state index contributed by atoms with van der Waals surface area (Å²) in [6.45, 7) is 0. The van der Waals surface area contributed by atoms with Crippen LogP contribution in [0.25, 0.3) is 11.5 Å². The fourth-order valence-corrected chi connectivity index (χ4v) is 1.55. The van der Waals surface area contributed by atoms with E-state index in [0.29, 0.717) is 22.8 Å². The zero-order valence-electron chi connectivity index (χ0n) is 10.3. The van der Waals surface area contributed by atoms with Crippen molar-refractivity contribution in [2.24, 2.45) is 0 Å². The van der Waals surface area contributed by atoms with Crippen LogP contribution in [-0.2, 0) is 0 Å². The SMILES string of the molecule is COc1cc(OC)c(-c2nnc(N)o2)c(OC)c1. The van der Waals surface area contributed by atoms with Crippen molar-refractivity contribution in [3.8, 4) is 28.7 Å². The van der Waals surface area contributed by atoms with Crippen molar-refractivity contribution in [1.29, 1.82) is 0 Å². The van der Waals surface area contributed by atoms with Crippen LogP contribution in [0.2, 0.25) is 0 Å². The summed E-state index contributed by atoms with van der Waals surface area (Å²) in [5.41, 5.74) is 5.94. The maximum absolute atomic E-state index is 5.41. The second kappa shape index (κ2) is 4.82. The van der Waals surface area contributed by atoms with Crippen molar-refractivity contribution in [2.45, 2.75) is 0 Å².